The maximum Gasteiger partial charge on any atom is 0.324 e. The summed E-state index contributed by atoms with van der Waals surface area (Å²) in [5, 5.41) is 0. The van der Waals surface area contributed by atoms with Gasteiger partial charge in [0.15, 0.2) is 0 Å². The van der Waals surface area contributed by atoms with Crippen LogP contribution >= 0.6 is 0 Å². The van der Waals surface area contributed by atoms with E-state index in [1.165, 1.54) is 29.2 Å². The average Bonchev–Trinajstić information content (AvgIpc) is 2.79. The van der Waals surface area contributed by atoms with Gasteiger partial charge in [0.25, 0.3) is 10.0 Å². The molecule has 0 bridgehead atoms. The second-order valence-corrected chi connectivity index (χ2v) is 9.55. The molecule has 0 saturated carbocycles. The highest BCUT2D eigenvalue weighted by Gasteiger charge is 2.29. The summed E-state index contributed by atoms with van der Waals surface area (Å²) in [6, 6.07) is 16.0. The van der Waals surface area contributed by atoms with E-state index in [0.29, 0.717) is 37.3 Å². The van der Waals surface area contributed by atoms with Gasteiger partial charge in [-0.15, -0.1) is 0 Å². The van der Waals surface area contributed by atoms with E-state index in [1.807, 2.05) is 0 Å². The molecule has 1 saturated heterocycles. The molecule has 33 heavy (non-hydrogen) atoms. The van der Waals surface area contributed by atoms with Crippen molar-refractivity contribution in [1.82, 2.24) is 4.90 Å². The summed E-state index contributed by atoms with van der Waals surface area (Å²) < 4.78 is 55.4. The van der Waals surface area contributed by atoms with Crippen molar-refractivity contribution in [2.24, 2.45) is 0 Å². The zero-order chi connectivity index (χ0) is 23.6. The van der Waals surface area contributed by atoms with Gasteiger partial charge in [-0.3, -0.25) is 9.62 Å². The zero-order valence-electron chi connectivity index (χ0n) is 18.0. The maximum atomic E-state index is 13.9. The number of rotatable bonds is 6. The first-order valence-electron chi connectivity index (χ1n) is 10.4. The van der Waals surface area contributed by atoms with Gasteiger partial charge < -0.3 is 4.90 Å². The second kappa shape index (κ2) is 9.19. The molecule has 0 spiro atoms. The molecule has 1 aliphatic rings. The highest BCUT2D eigenvalue weighted by Crippen LogP contribution is 2.31. The lowest BCUT2D eigenvalue weighted by Gasteiger charge is -2.36. The molecule has 9 heteroatoms. The van der Waals surface area contributed by atoms with Crippen LogP contribution in [0.15, 0.2) is 71.6 Å². The number of halogens is 2. The van der Waals surface area contributed by atoms with Crippen LogP contribution in [0.25, 0.3) is 0 Å². The Balaban J connectivity index is 1.59. The van der Waals surface area contributed by atoms with E-state index in [1.54, 1.807) is 48.2 Å². The number of amides is 2. The van der Waals surface area contributed by atoms with Crippen molar-refractivity contribution in [3.63, 3.8) is 0 Å². The number of benzene rings is 3. The number of para-hydroxylation sites is 2. The maximum absolute atomic E-state index is 13.9. The number of urea groups is 1. The van der Waals surface area contributed by atoms with Crippen molar-refractivity contribution in [3.8, 4) is 0 Å². The number of aryl methyl sites for hydroxylation is 1. The van der Waals surface area contributed by atoms with Crippen molar-refractivity contribution in [1.29, 1.82) is 0 Å². The molecule has 3 aromatic carbocycles. The Labute approximate surface area is 191 Å². The molecule has 0 aromatic heterocycles. The topological polar surface area (TPSA) is 69.7 Å². The van der Waals surface area contributed by atoms with E-state index in [0.717, 1.165) is 11.6 Å². The minimum absolute atomic E-state index is 0.205. The van der Waals surface area contributed by atoms with Gasteiger partial charge in [0.1, 0.15) is 11.6 Å². The molecular weight excluding hydrogens is 448 g/mol. The summed E-state index contributed by atoms with van der Waals surface area (Å²) in [5.41, 5.74) is 1.76. The predicted octanol–water partition coefficient (Wildman–Crippen LogP) is 4.91. The van der Waals surface area contributed by atoms with Gasteiger partial charge in [-0.25, -0.2) is 22.0 Å². The molecule has 6 nitrogen and oxygen atoms in total. The van der Waals surface area contributed by atoms with Crippen LogP contribution in [0.3, 0.4) is 0 Å². The van der Waals surface area contributed by atoms with Gasteiger partial charge in [0.2, 0.25) is 0 Å². The van der Waals surface area contributed by atoms with Crippen LogP contribution in [-0.4, -0.2) is 32.4 Å². The number of anilines is 2. The summed E-state index contributed by atoms with van der Waals surface area (Å²) in [4.78, 5) is 16.2. The first kappa shape index (κ1) is 22.7. The van der Waals surface area contributed by atoms with Gasteiger partial charge in [-0.1, -0.05) is 30.3 Å². The molecule has 1 aliphatic heterocycles. The Morgan fingerprint density at radius 1 is 0.970 bits per heavy atom. The fourth-order valence-corrected chi connectivity index (χ4v) is 4.79. The molecule has 0 radical (unpaired) electrons. The van der Waals surface area contributed by atoms with Gasteiger partial charge in [0, 0.05) is 19.6 Å². The number of nitrogens with zero attached hydrogens (tertiary/aromatic N) is 2. The first-order valence-corrected chi connectivity index (χ1v) is 11.9. The molecule has 0 atom stereocenters. The SMILES string of the molecule is Cc1ccc(S(=O)(=O)Nc2ccccc2N2CCCN(Cc3ccc(F)cc3)C2=O)cc1F. The molecule has 1 N–H and O–H groups in total. The van der Waals surface area contributed by atoms with Crippen LogP contribution in [-0.2, 0) is 16.6 Å². The number of carbonyl (C=O) groups is 1. The van der Waals surface area contributed by atoms with Gasteiger partial charge >= 0.3 is 6.03 Å². The molecule has 172 valence electrons. The van der Waals surface area contributed by atoms with E-state index < -0.39 is 15.8 Å². The fraction of sp³-hybridized carbons (Fsp3) is 0.208. The molecule has 4 rings (SSSR count). The minimum Gasteiger partial charge on any atom is -0.320 e. The highest BCUT2D eigenvalue weighted by molar-refractivity contribution is 7.92. The van der Waals surface area contributed by atoms with Crippen molar-refractivity contribution in [2.75, 3.05) is 22.7 Å². The molecule has 0 aliphatic carbocycles. The quantitative estimate of drug-likeness (QED) is 0.556. The monoisotopic (exact) mass is 471 g/mol. The zero-order valence-corrected chi connectivity index (χ0v) is 18.8. The Morgan fingerprint density at radius 3 is 2.42 bits per heavy atom. The molecule has 1 heterocycles. The minimum atomic E-state index is -4.07. The summed E-state index contributed by atoms with van der Waals surface area (Å²) >= 11 is 0. The van der Waals surface area contributed by atoms with Crippen molar-refractivity contribution in [3.05, 3.63) is 89.5 Å². The fourth-order valence-electron chi connectivity index (χ4n) is 3.70. The lowest BCUT2D eigenvalue weighted by atomic mass is 10.1. The number of carbonyl (C=O) groups excluding carboxylic acids is 1. The predicted molar refractivity (Wildman–Crippen MR) is 123 cm³/mol. The van der Waals surface area contributed by atoms with Gasteiger partial charge in [-0.05, 0) is 60.9 Å². The van der Waals surface area contributed by atoms with E-state index in [9.17, 15) is 22.0 Å². The third-order valence-electron chi connectivity index (χ3n) is 5.49. The number of hydrogen-bond donors (Lipinski definition) is 1. The van der Waals surface area contributed by atoms with E-state index >= 15 is 0 Å². The Morgan fingerprint density at radius 2 is 1.70 bits per heavy atom. The highest BCUT2D eigenvalue weighted by atomic mass is 32.2. The summed E-state index contributed by atoms with van der Waals surface area (Å²) in [7, 11) is -4.07. The van der Waals surface area contributed by atoms with E-state index in [4.69, 9.17) is 0 Å². The molecule has 0 unspecified atom stereocenters. The normalized spacial score (nSPS) is 14.5. The Kier molecular flexibility index (Phi) is 6.33. The van der Waals surface area contributed by atoms with Gasteiger partial charge in [0.05, 0.1) is 16.3 Å². The summed E-state index contributed by atoms with van der Waals surface area (Å²) in [5.74, 6) is -0.964. The Hall–Kier alpha value is -3.46. The number of hydrogen-bond acceptors (Lipinski definition) is 3. The second-order valence-electron chi connectivity index (χ2n) is 7.87. The van der Waals surface area contributed by atoms with Crippen LogP contribution in [0.1, 0.15) is 17.5 Å². The Bertz CT molecular complexity index is 1280. The smallest absolute Gasteiger partial charge is 0.320 e. The third kappa shape index (κ3) is 4.98. The van der Waals surface area contributed by atoms with E-state index in [2.05, 4.69) is 4.72 Å². The number of nitrogens with one attached hydrogen (secondary N) is 1. The van der Waals surface area contributed by atoms with Crippen molar-refractivity contribution < 1.29 is 22.0 Å². The number of sulfonamides is 1. The largest absolute Gasteiger partial charge is 0.324 e. The summed E-state index contributed by atoms with van der Waals surface area (Å²) in [6.45, 7) is 2.81. The van der Waals surface area contributed by atoms with Crippen LogP contribution in [0, 0.1) is 18.6 Å². The van der Waals surface area contributed by atoms with Gasteiger partial charge in [-0.2, -0.15) is 0 Å². The van der Waals surface area contributed by atoms with Crippen LogP contribution in [0.2, 0.25) is 0 Å². The van der Waals surface area contributed by atoms with Crippen LogP contribution < -0.4 is 9.62 Å². The average molecular weight is 472 g/mol. The van der Waals surface area contributed by atoms with Crippen molar-refractivity contribution in [2.45, 2.75) is 24.8 Å². The molecule has 1 fully saturated rings. The molecule has 3 aromatic rings. The molecule has 2 amide bonds. The lowest BCUT2D eigenvalue weighted by Crippen LogP contribution is -2.49. The third-order valence-corrected chi connectivity index (χ3v) is 6.85. The van der Waals surface area contributed by atoms with Crippen molar-refractivity contribution >= 4 is 27.4 Å². The summed E-state index contributed by atoms with van der Waals surface area (Å²) in [6.07, 6.45) is 0.678. The van der Waals surface area contributed by atoms with Crippen LogP contribution in [0.4, 0.5) is 25.0 Å². The standard InChI is InChI=1S/C24H23F2N3O3S/c1-17-7-12-20(15-21(17)26)33(31,32)27-22-5-2-3-6-23(22)29-14-4-13-28(24(29)30)16-18-8-10-19(25)11-9-18/h2-3,5-12,15,27H,4,13-14,16H2,1H3. The lowest BCUT2D eigenvalue weighted by molar-refractivity contribution is 0.192. The van der Waals surface area contributed by atoms with Crippen LogP contribution in [0.5, 0.6) is 0 Å². The molecular formula is C24H23F2N3O3S. The van der Waals surface area contributed by atoms with E-state index in [-0.39, 0.29) is 22.4 Å². The first-order chi connectivity index (χ1) is 15.7.